The first kappa shape index (κ1) is 10.8. The van der Waals surface area contributed by atoms with Crippen LogP contribution in [0.15, 0.2) is 12.7 Å². The van der Waals surface area contributed by atoms with Gasteiger partial charge >= 0.3 is 0 Å². The van der Waals surface area contributed by atoms with Crippen LogP contribution in [0, 0.1) is 5.92 Å². The molecule has 74 valence electrons. The van der Waals surface area contributed by atoms with Gasteiger partial charge in [0.05, 0.1) is 17.7 Å². The molecule has 0 N–H and O–H groups in total. The average Bonchev–Trinajstić information content (AvgIpc) is 2.38. The van der Waals surface area contributed by atoms with Crippen LogP contribution in [0.5, 0.6) is 0 Å². The summed E-state index contributed by atoms with van der Waals surface area (Å²) in [6.45, 7) is 8.16. The Hall–Kier alpha value is -0.275. The van der Waals surface area contributed by atoms with Crippen molar-refractivity contribution in [3.8, 4) is 0 Å². The molecule has 0 amide bonds. The van der Waals surface area contributed by atoms with E-state index in [1.54, 1.807) is 7.11 Å². The third-order valence-corrected chi connectivity index (χ3v) is 3.30. The molecule has 4 atom stereocenters. The monoisotopic (exact) mass is 182 g/mol. The van der Waals surface area contributed by atoms with Crippen LogP contribution in [0.3, 0.4) is 0 Å². The van der Waals surface area contributed by atoms with E-state index >= 15 is 0 Å². The first-order chi connectivity index (χ1) is 6.11. The topological polar surface area (TPSA) is 18.5 Å². The third kappa shape index (κ3) is 1.55. The van der Waals surface area contributed by atoms with Crippen molar-refractivity contribution in [3.63, 3.8) is 0 Å². The lowest BCUT2D eigenvalue weighted by Gasteiger charge is -2.28. The molecule has 1 heterocycles. The normalized spacial score (nSPS) is 45.0. The number of rotatable bonds is 3. The summed E-state index contributed by atoms with van der Waals surface area (Å²) >= 11 is 0. The first-order valence-electron chi connectivity index (χ1n) is 4.95. The summed E-state index contributed by atoms with van der Waals surface area (Å²) in [4.78, 5) is 0. The van der Waals surface area contributed by atoms with Crippen molar-refractivity contribution in [2.45, 2.75) is 38.0 Å². The summed E-state index contributed by atoms with van der Waals surface area (Å²) in [5.41, 5.74) is -0.180. The van der Waals surface area contributed by atoms with Gasteiger partial charge in [0.25, 0.3) is 0 Å². The molecule has 1 saturated heterocycles. The molecule has 0 aromatic carbocycles. The Bertz CT molecular complexity index is 195. The molecule has 3 heteroatoms. The van der Waals surface area contributed by atoms with Gasteiger partial charge in [-0.3, -0.25) is 0 Å². The standard InChI is InChI=1S/C10H19BO2/c1-5-10(6-2)7(3)8(12-4)9(11)13-10/h5,7-9H,1,6,11H2,2-4H3/t7-,8?,9-,10-/m1/s1. The van der Waals surface area contributed by atoms with Gasteiger partial charge in [-0.2, -0.15) is 0 Å². The maximum Gasteiger partial charge on any atom is 0.142 e. The second kappa shape index (κ2) is 3.85. The van der Waals surface area contributed by atoms with Gasteiger partial charge in [0.1, 0.15) is 7.85 Å². The van der Waals surface area contributed by atoms with Crippen molar-refractivity contribution in [3.05, 3.63) is 12.7 Å². The molecule has 2 nitrogen and oxygen atoms in total. The van der Waals surface area contributed by atoms with Crippen LogP contribution in [-0.2, 0) is 9.47 Å². The predicted molar refractivity (Wildman–Crippen MR) is 56.6 cm³/mol. The number of ether oxygens (including phenoxy) is 2. The molecule has 13 heavy (non-hydrogen) atoms. The molecule has 0 bridgehead atoms. The van der Waals surface area contributed by atoms with Gasteiger partial charge in [0, 0.05) is 13.0 Å². The minimum atomic E-state index is -0.180. The molecular formula is C10H19BO2. The van der Waals surface area contributed by atoms with Gasteiger partial charge in [0.2, 0.25) is 0 Å². The second-order valence-electron chi connectivity index (χ2n) is 3.82. The average molecular weight is 182 g/mol. The Morgan fingerprint density at radius 3 is 2.54 bits per heavy atom. The van der Waals surface area contributed by atoms with Crippen LogP contribution in [0.1, 0.15) is 20.3 Å². The molecule has 0 aromatic rings. The van der Waals surface area contributed by atoms with Crippen LogP contribution in [0.2, 0.25) is 0 Å². The quantitative estimate of drug-likeness (QED) is 0.478. The molecule has 1 rings (SSSR count). The highest BCUT2D eigenvalue weighted by Crippen LogP contribution is 2.39. The lowest BCUT2D eigenvalue weighted by molar-refractivity contribution is 0.00191. The van der Waals surface area contributed by atoms with Crippen LogP contribution >= 0.6 is 0 Å². The van der Waals surface area contributed by atoms with Gasteiger partial charge in [-0.15, -0.1) is 6.58 Å². The van der Waals surface area contributed by atoms with E-state index in [0.29, 0.717) is 5.92 Å². The summed E-state index contributed by atoms with van der Waals surface area (Å²) in [6, 6.07) is 0.165. The van der Waals surface area contributed by atoms with Crippen molar-refractivity contribution >= 4 is 7.85 Å². The smallest absolute Gasteiger partial charge is 0.142 e. The van der Waals surface area contributed by atoms with Crippen molar-refractivity contribution < 1.29 is 9.47 Å². The largest absolute Gasteiger partial charge is 0.379 e. The summed E-state index contributed by atoms with van der Waals surface area (Å²) in [7, 11) is 3.81. The molecule has 1 unspecified atom stereocenters. The maximum absolute atomic E-state index is 5.92. The molecular weight excluding hydrogens is 163 g/mol. The zero-order valence-electron chi connectivity index (χ0n) is 9.04. The third-order valence-electron chi connectivity index (χ3n) is 3.30. The Morgan fingerprint density at radius 1 is 1.69 bits per heavy atom. The molecule has 1 aliphatic heterocycles. The van der Waals surface area contributed by atoms with Gasteiger partial charge in [0.15, 0.2) is 0 Å². The highest BCUT2D eigenvalue weighted by Gasteiger charge is 2.48. The summed E-state index contributed by atoms with van der Waals surface area (Å²) in [5.74, 6) is 0.384. The maximum atomic E-state index is 5.92. The predicted octanol–water partition coefficient (Wildman–Crippen LogP) is 0.962. The van der Waals surface area contributed by atoms with Crippen LogP contribution in [-0.4, -0.2) is 32.7 Å². The molecule has 1 aliphatic rings. The molecule has 0 aliphatic carbocycles. The Morgan fingerprint density at radius 2 is 2.31 bits per heavy atom. The SMILES string of the molecule is B[C@@H]1O[C@](C=C)(CC)[C@H](C)C1OC. The molecule has 0 aromatic heterocycles. The summed E-state index contributed by atoms with van der Waals surface area (Å²) in [5, 5.41) is 0. The van der Waals surface area contributed by atoms with Crippen LogP contribution in [0.4, 0.5) is 0 Å². The summed E-state index contributed by atoms with van der Waals surface area (Å²) < 4.78 is 11.3. The Labute approximate surface area is 81.7 Å². The van der Waals surface area contributed by atoms with Gasteiger partial charge in [-0.05, 0) is 6.42 Å². The van der Waals surface area contributed by atoms with E-state index in [1.165, 1.54) is 0 Å². The number of hydrogen-bond acceptors (Lipinski definition) is 2. The molecule has 1 fully saturated rings. The lowest BCUT2D eigenvalue weighted by atomic mass is 9.81. The summed E-state index contributed by atoms with van der Waals surface area (Å²) in [6.07, 6.45) is 3.08. The van der Waals surface area contributed by atoms with Crippen LogP contribution < -0.4 is 0 Å². The Kier molecular flexibility index (Phi) is 3.20. The number of methoxy groups -OCH3 is 1. The minimum absolute atomic E-state index is 0.165. The minimum Gasteiger partial charge on any atom is -0.379 e. The molecule has 0 radical (unpaired) electrons. The lowest BCUT2D eigenvalue weighted by Crippen LogP contribution is -2.34. The van der Waals surface area contributed by atoms with E-state index in [1.807, 2.05) is 6.08 Å². The van der Waals surface area contributed by atoms with Crippen molar-refractivity contribution in [1.82, 2.24) is 0 Å². The van der Waals surface area contributed by atoms with E-state index in [0.717, 1.165) is 6.42 Å². The first-order valence-corrected chi connectivity index (χ1v) is 4.95. The van der Waals surface area contributed by atoms with E-state index in [4.69, 9.17) is 9.47 Å². The molecule has 0 saturated carbocycles. The van der Waals surface area contributed by atoms with Crippen molar-refractivity contribution in [2.24, 2.45) is 5.92 Å². The van der Waals surface area contributed by atoms with Crippen molar-refractivity contribution in [1.29, 1.82) is 0 Å². The fraction of sp³-hybridized carbons (Fsp3) is 0.800. The van der Waals surface area contributed by atoms with E-state index < -0.39 is 0 Å². The fourth-order valence-electron chi connectivity index (χ4n) is 2.38. The second-order valence-corrected chi connectivity index (χ2v) is 3.82. The fourth-order valence-corrected chi connectivity index (χ4v) is 2.38. The zero-order valence-corrected chi connectivity index (χ0v) is 9.04. The van der Waals surface area contributed by atoms with Crippen molar-refractivity contribution in [2.75, 3.05) is 7.11 Å². The zero-order chi connectivity index (χ0) is 10.1. The van der Waals surface area contributed by atoms with E-state index in [9.17, 15) is 0 Å². The highest BCUT2D eigenvalue weighted by molar-refractivity contribution is 6.11. The van der Waals surface area contributed by atoms with E-state index in [-0.39, 0.29) is 17.7 Å². The number of hydrogen-bond donors (Lipinski definition) is 0. The Balaban J connectivity index is 2.86. The highest BCUT2D eigenvalue weighted by atomic mass is 16.6. The van der Waals surface area contributed by atoms with Gasteiger partial charge in [-0.25, -0.2) is 0 Å². The van der Waals surface area contributed by atoms with Crippen LogP contribution in [0.25, 0.3) is 0 Å². The van der Waals surface area contributed by atoms with Gasteiger partial charge in [-0.1, -0.05) is 19.9 Å². The molecule has 0 spiro atoms. The van der Waals surface area contributed by atoms with Gasteiger partial charge < -0.3 is 9.47 Å². The van der Waals surface area contributed by atoms with E-state index in [2.05, 4.69) is 28.3 Å².